The first kappa shape index (κ1) is 22.9. The second-order valence-electron chi connectivity index (χ2n) is 8.94. The van der Waals surface area contributed by atoms with Crippen molar-refractivity contribution >= 4 is 11.7 Å². The number of aliphatic carboxylic acids is 1. The molecule has 35 heavy (non-hydrogen) atoms. The summed E-state index contributed by atoms with van der Waals surface area (Å²) in [5, 5.41) is 16.8. The first-order valence-electron chi connectivity index (χ1n) is 11.8. The van der Waals surface area contributed by atoms with Crippen molar-refractivity contribution < 1.29 is 19.2 Å². The van der Waals surface area contributed by atoms with Crippen molar-refractivity contribution in [1.82, 2.24) is 5.16 Å². The van der Waals surface area contributed by atoms with Gasteiger partial charge in [0.25, 0.3) is 0 Å². The number of aryl methyl sites for hydroxylation is 3. The second kappa shape index (κ2) is 9.76. The van der Waals surface area contributed by atoms with Crippen molar-refractivity contribution in [2.24, 2.45) is 0 Å². The van der Waals surface area contributed by atoms with Crippen LogP contribution in [0.2, 0.25) is 0 Å². The standard InChI is InChI=1S/C29H28N2O4/c1-18(21-6-4-3-5-7-21)34-17-30-28-19(2)35-31-29(28)24-11-13-26-23(16-24)10-9-22-14-20(15-27(32)33)8-12-25(22)26/h3-8,11-14,16,18,30H,9-10,15,17H2,1-2H3,(H,32,33). The van der Waals surface area contributed by atoms with Gasteiger partial charge in [-0.15, -0.1) is 0 Å². The van der Waals surface area contributed by atoms with E-state index in [-0.39, 0.29) is 12.5 Å². The number of benzene rings is 3. The van der Waals surface area contributed by atoms with Gasteiger partial charge in [-0.3, -0.25) is 4.79 Å². The molecule has 1 aliphatic rings. The summed E-state index contributed by atoms with van der Waals surface area (Å²) >= 11 is 0. The summed E-state index contributed by atoms with van der Waals surface area (Å²) < 4.78 is 11.5. The van der Waals surface area contributed by atoms with E-state index in [2.05, 4.69) is 40.8 Å². The maximum absolute atomic E-state index is 11.1. The Kier molecular flexibility index (Phi) is 6.38. The second-order valence-corrected chi connectivity index (χ2v) is 8.94. The Bertz CT molecular complexity index is 1360. The molecule has 178 valence electrons. The van der Waals surface area contributed by atoms with Gasteiger partial charge in [-0.25, -0.2) is 0 Å². The Morgan fingerprint density at radius 1 is 1.06 bits per heavy atom. The number of ether oxygens (including phenoxy) is 1. The smallest absolute Gasteiger partial charge is 0.307 e. The third-order valence-electron chi connectivity index (χ3n) is 6.57. The normalized spacial score (nSPS) is 13.1. The van der Waals surface area contributed by atoms with Gasteiger partial charge in [0.15, 0.2) is 5.76 Å². The summed E-state index contributed by atoms with van der Waals surface area (Å²) in [5.74, 6) is -0.0944. The number of carboxylic acid groups (broad SMARTS) is 1. The lowest BCUT2D eigenvalue weighted by molar-refractivity contribution is -0.136. The summed E-state index contributed by atoms with van der Waals surface area (Å²) in [6.07, 6.45) is 1.79. The zero-order valence-electron chi connectivity index (χ0n) is 19.9. The molecule has 0 fully saturated rings. The molecule has 0 spiro atoms. The van der Waals surface area contributed by atoms with Gasteiger partial charge in [0.05, 0.1) is 12.5 Å². The molecule has 5 rings (SSSR count). The predicted octanol–water partition coefficient (Wildman–Crippen LogP) is 6.19. The molecule has 0 saturated carbocycles. The van der Waals surface area contributed by atoms with Crippen molar-refractivity contribution in [1.29, 1.82) is 0 Å². The zero-order valence-corrected chi connectivity index (χ0v) is 19.9. The van der Waals surface area contributed by atoms with Crippen LogP contribution < -0.4 is 5.32 Å². The maximum Gasteiger partial charge on any atom is 0.307 e. The van der Waals surface area contributed by atoms with Crippen molar-refractivity contribution in [2.45, 2.75) is 39.2 Å². The van der Waals surface area contributed by atoms with Crippen molar-refractivity contribution in [3.63, 3.8) is 0 Å². The van der Waals surface area contributed by atoms with Crippen LogP contribution in [-0.4, -0.2) is 23.0 Å². The largest absolute Gasteiger partial charge is 0.481 e. The molecular weight excluding hydrogens is 440 g/mol. The highest BCUT2D eigenvalue weighted by molar-refractivity contribution is 5.81. The molecule has 0 radical (unpaired) electrons. The SMILES string of the molecule is Cc1onc(-c2ccc3c(c2)CCc2cc(CC(=O)O)ccc2-3)c1NCOC(C)c1ccccc1. The average Bonchev–Trinajstić information content (AvgIpc) is 3.23. The van der Waals surface area contributed by atoms with E-state index in [1.807, 2.05) is 50.2 Å². The summed E-state index contributed by atoms with van der Waals surface area (Å²) in [6.45, 7) is 4.26. The van der Waals surface area contributed by atoms with E-state index in [4.69, 9.17) is 14.4 Å². The van der Waals surface area contributed by atoms with Crippen LogP contribution in [0.25, 0.3) is 22.4 Å². The number of fused-ring (bicyclic) bond motifs is 3. The summed E-state index contributed by atoms with van der Waals surface area (Å²) in [6, 6.07) is 22.5. The number of carbonyl (C=O) groups is 1. The van der Waals surface area contributed by atoms with Gasteiger partial charge in [-0.2, -0.15) is 0 Å². The summed E-state index contributed by atoms with van der Waals surface area (Å²) in [5.41, 5.74) is 9.37. The first-order valence-corrected chi connectivity index (χ1v) is 11.8. The van der Waals surface area contributed by atoms with Gasteiger partial charge in [0.2, 0.25) is 0 Å². The highest BCUT2D eigenvalue weighted by Crippen LogP contribution is 2.38. The predicted molar refractivity (Wildman–Crippen MR) is 135 cm³/mol. The highest BCUT2D eigenvalue weighted by Gasteiger charge is 2.20. The molecule has 1 unspecified atom stereocenters. The Morgan fingerprint density at radius 3 is 2.51 bits per heavy atom. The molecule has 1 aliphatic carbocycles. The lowest BCUT2D eigenvalue weighted by Crippen LogP contribution is -2.10. The molecule has 6 heteroatoms. The fourth-order valence-electron chi connectivity index (χ4n) is 4.72. The van der Waals surface area contributed by atoms with E-state index in [9.17, 15) is 4.79 Å². The number of nitrogens with one attached hydrogen (secondary N) is 1. The quantitative estimate of drug-likeness (QED) is 0.300. The lowest BCUT2D eigenvalue weighted by Gasteiger charge is -2.21. The van der Waals surface area contributed by atoms with Crippen LogP contribution in [0.3, 0.4) is 0 Å². The van der Waals surface area contributed by atoms with E-state index >= 15 is 0 Å². The number of rotatable bonds is 8. The highest BCUT2D eigenvalue weighted by atomic mass is 16.5. The number of anilines is 1. The van der Waals surface area contributed by atoms with Crippen molar-refractivity contribution in [3.05, 3.63) is 94.7 Å². The van der Waals surface area contributed by atoms with Gasteiger partial charge in [0, 0.05) is 5.56 Å². The topological polar surface area (TPSA) is 84.6 Å². The molecule has 4 aromatic rings. The van der Waals surface area contributed by atoms with Crippen molar-refractivity contribution in [3.8, 4) is 22.4 Å². The molecular formula is C29H28N2O4. The number of aromatic nitrogens is 1. The molecule has 1 aromatic heterocycles. The van der Waals surface area contributed by atoms with E-state index < -0.39 is 5.97 Å². The first-order chi connectivity index (χ1) is 17.0. The number of carboxylic acids is 1. The van der Waals surface area contributed by atoms with Gasteiger partial charge in [0.1, 0.15) is 18.1 Å². The van der Waals surface area contributed by atoms with Gasteiger partial charge in [-0.1, -0.05) is 65.8 Å². The summed E-state index contributed by atoms with van der Waals surface area (Å²) in [7, 11) is 0. The fourth-order valence-corrected chi connectivity index (χ4v) is 4.72. The van der Waals surface area contributed by atoms with E-state index in [1.165, 1.54) is 22.3 Å². The Balaban J connectivity index is 1.34. The monoisotopic (exact) mass is 468 g/mol. The van der Waals surface area contributed by atoms with Crippen LogP contribution in [0.5, 0.6) is 0 Å². The minimum atomic E-state index is -0.807. The molecule has 1 atom stereocenters. The lowest BCUT2D eigenvalue weighted by atomic mass is 9.83. The Hall–Kier alpha value is -3.90. The molecule has 0 amide bonds. The minimum Gasteiger partial charge on any atom is -0.481 e. The molecule has 2 N–H and O–H groups in total. The third-order valence-corrected chi connectivity index (χ3v) is 6.57. The average molecular weight is 469 g/mol. The number of hydrogen-bond acceptors (Lipinski definition) is 5. The zero-order chi connectivity index (χ0) is 24.4. The van der Waals surface area contributed by atoms with Crippen LogP contribution in [0, 0.1) is 6.92 Å². The summed E-state index contributed by atoms with van der Waals surface area (Å²) in [4.78, 5) is 11.1. The van der Waals surface area contributed by atoms with Crippen LogP contribution in [0.1, 0.15) is 41.0 Å². The minimum absolute atomic E-state index is 0.0351. The Labute approximate surface area is 204 Å². The third kappa shape index (κ3) is 4.84. The van der Waals surface area contributed by atoms with Crippen LogP contribution in [0.15, 0.2) is 71.3 Å². The molecule has 0 bridgehead atoms. The molecule has 6 nitrogen and oxygen atoms in total. The molecule has 0 saturated heterocycles. The van der Waals surface area contributed by atoms with Crippen molar-refractivity contribution in [2.75, 3.05) is 12.0 Å². The van der Waals surface area contributed by atoms with Crippen LogP contribution in [-0.2, 0) is 28.8 Å². The number of nitrogens with zero attached hydrogens (tertiary/aromatic N) is 1. The molecule has 1 heterocycles. The number of hydrogen-bond donors (Lipinski definition) is 2. The van der Waals surface area contributed by atoms with E-state index in [0.29, 0.717) is 12.5 Å². The van der Waals surface area contributed by atoms with Gasteiger partial charge in [-0.05, 0) is 66.1 Å². The fraction of sp³-hybridized carbons (Fsp3) is 0.241. The van der Waals surface area contributed by atoms with Gasteiger partial charge < -0.3 is 19.7 Å². The van der Waals surface area contributed by atoms with Crippen LogP contribution in [0.4, 0.5) is 5.69 Å². The maximum atomic E-state index is 11.1. The molecule has 0 aliphatic heterocycles. The van der Waals surface area contributed by atoms with Crippen LogP contribution >= 0.6 is 0 Å². The molecule has 3 aromatic carbocycles. The van der Waals surface area contributed by atoms with Gasteiger partial charge >= 0.3 is 5.97 Å². The van der Waals surface area contributed by atoms with E-state index in [1.54, 1.807) is 0 Å². The Morgan fingerprint density at radius 2 is 1.77 bits per heavy atom. The van der Waals surface area contributed by atoms with E-state index in [0.717, 1.165) is 40.9 Å².